The van der Waals surface area contributed by atoms with Gasteiger partial charge in [0.1, 0.15) is 10.8 Å². The first-order valence-corrected chi connectivity index (χ1v) is 7.90. The average molecular weight is 291 g/mol. The van der Waals surface area contributed by atoms with E-state index in [-0.39, 0.29) is 0 Å². The molecule has 1 N–H and O–H groups in total. The van der Waals surface area contributed by atoms with Crippen LogP contribution in [0.1, 0.15) is 29.4 Å². The maximum Gasteiger partial charge on any atom is 0.122 e. The van der Waals surface area contributed by atoms with Crippen LogP contribution in [0.2, 0.25) is 0 Å². The molecule has 2 aromatic heterocycles. The van der Waals surface area contributed by atoms with Gasteiger partial charge in [-0.15, -0.1) is 11.3 Å². The Morgan fingerprint density at radius 2 is 2.30 bits per heavy atom. The minimum Gasteiger partial charge on any atom is -0.337 e. The van der Waals surface area contributed by atoms with Crippen LogP contribution in [-0.4, -0.2) is 32.5 Å². The topological polar surface area (TPSA) is 46.0 Å². The summed E-state index contributed by atoms with van der Waals surface area (Å²) in [6, 6.07) is 0.744. The fourth-order valence-corrected chi connectivity index (χ4v) is 2.88. The molecule has 6 heteroatoms. The molecule has 0 spiro atoms. The van der Waals surface area contributed by atoms with Crippen LogP contribution in [0.25, 0.3) is 0 Å². The van der Waals surface area contributed by atoms with Gasteiger partial charge in [0.2, 0.25) is 0 Å². The number of rotatable bonds is 7. The van der Waals surface area contributed by atoms with Gasteiger partial charge in [-0.25, -0.2) is 9.97 Å². The number of thiazole rings is 1. The number of aryl methyl sites for hydroxylation is 1. The first-order valence-electron chi connectivity index (χ1n) is 7.02. The van der Waals surface area contributed by atoms with Crippen molar-refractivity contribution >= 4 is 11.3 Å². The molecule has 1 aliphatic carbocycles. The average Bonchev–Trinajstić information content (AvgIpc) is 3.02. The number of nitrogens with one attached hydrogen (secondary N) is 1. The van der Waals surface area contributed by atoms with Crippen molar-refractivity contribution in [1.82, 2.24) is 24.8 Å². The number of imidazole rings is 1. The number of nitrogens with zero attached hydrogens (tertiary/aromatic N) is 4. The highest BCUT2D eigenvalue weighted by molar-refractivity contribution is 7.09. The lowest BCUT2D eigenvalue weighted by Crippen LogP contribution is -2.20. The summed E-state index contributed by atoms with van der Waals surface area (Å²) in [4.78, 5) is 11.3. The van der Waals surface area contributed by atoms with E-state index in [1.165, 1.54) is 17.8 Å². The number of aromatic nitrogens is 3. The minimum absolute atomic E-state index is 0.744. The Morgan fingerprint density at radius 3 is 3.00 bits per heavy atom. The molecule has 1 saturated carbocycles. The molecule has 0 aliphatic heterocycles. The summed E-state index contributed by atoms with van der Waals surface area (Å²) in [6.07, 6.45) is 6.47. The predicted molar refractivity (Wildman–Crippen MR) is 80.4 cm³/mol. The summed E-state index contributed by atoms with van der Waals surface area (Å²) in [7, 11) is 4.14. The monoisotopic (exact) mass is 291 g/mol. The molecule has 5 nitrogen and oxygen atoms in total. The van der Waals surface area contributed by atoms with Crippen LogP contribution in [0.15, 0.2) is 17.8 Å². The molecule has 3 rings (SSSR count). The van der Waals surface area contributed by atoms with E-state index in [1.807, 2.05) is 19.4 Å². The predicted octanol–water partition coefficient (Wildman–Crippen LogP) is 1.76. The lowest BCUT2D eigenvalue weighted by atomic mass is 10.4. The van der Waals surface area contributed by atoms with Crippen molar-refractivity contribution < 1.29 is 0 Å². The number of hydrogen-bond donors (Lipinski definition) is 1. The zero-order valence-electron chi connectivity index (χ0n) is 12.0. The highest BCUT2D eigenvalue weighted by Crippen LogP contribution is 2.20. The third-order valence-electron chi connectivity index (χ3n) is 3.48. The highest BCUT2D eigenvalue weighted by atomic mass is 32.1. The minimum atomic E-state index is 0.744. The molecule has 108 valence electrons. The SMILES string of the molecule is CN(Cc1csc(CNC2CC2)n1)Cc1nccn1C. The fraction of sp³-hybridized carbons (Fsp3) is 0.571. The molecule has 1 fully saturated rings. The van der Waals surface area contributed by atoms with E-state index >= 15 is 0 Å². The van der Waals surface area contributed by atoms with Gasteiger partial charge in [0.05, 0.1) is 12.2 Å². The van der Waals surface area contributed by atoms with Crippen molar-refractivity contribution in [1.29, 1.82) is 0 Å². The van der Waals surface area contributed by atoms with Gasteiger partial charge in [-0.3, -0.25) is 4.90 Å². The van der Waals surface area contributed by atoms with E-state index in [0.717, 1.165) is 37.2 Å². The first kappa shape index (κ1) is 13.7. The third kappa shape index (κ3) is 3.65. The summed E-state index contributed by atoms with van der Waals surface area (Å²) in [5.74, 6) is 1.08. The Morgan fingerprint density at radius 1 is 1.45 bits per heavy atom. The maximum atomic E-state index is 4.69. The van der Waals surface area contributed by atoms with Crippen molar-refractivity contribution in [3.05, 3.63) is 34.3 Å². The van der Waals surface area contributed by atoms with Gasteiger partial charge >= 0.3 is 0 Å². The van der Waals surface area contributed by atoms with Crippen molar-refractivity contribution in [3.8, 4) is 0 Å². The van der Waals surface area contributed by atoms with E-state index in [0.29, 0.717) is 0 Å². The normalized spacial score (nSPS) is 15.2. The van der Waals surface area contributed by atoms with Crippen molar-refractivity contribution in [2.24, 2.45) is 7.05 Å². The smallest absolute Gasteiger partial charge is 0.122 e. The van der Waals surface area contributed by atoms with Crippen LogP contribution in [0.3, 0.4) is 0 Å². The van der Waals surface area contributed by atoms with E-state index in [9.17, 15) is 0 Å². The molecular weight excluding hydrogens is 270 g/mol. The molecule has 1 aliphatic rings. The second kappa shape index (κ2) is 6.03. The fourth-order valence-electron chi connectivity index (χ4n) is 2.14. The number of hydrogen-bond acceptors (Lipinski definition) is 5. The Bertz CT molecular complexity index is 557. The lowest BCUT2D eigenvalue weighted by molar-refractivity contribution is 0.304. The molecule has 0 aromatic carbocycles. The van der Waals surface area contributed by atoms with Gasteiger partial charge in [-0.1, -0.05) is 0 Å². The van der Waals surface area contributed by atoms with Crippen LogP contribution >= 0.6 is 11.3 Å². The van der Waals surface area contributed by atoms with Gasteiger partial charge in [-0.2, -0.15) is 0 Å². The van der Waals surface area contributed by atoms with Crippen LogP contribution < -0.4 is 5.32 Å². The van der Waals surface area contributed by atoms with E-state index < -0.39 is 0 Å². The summed E-state index contributed by atoms with van der Waals surface area (Å²) in [5, 5.41) is 6.86. The summed E-state index contributed by atoms with van der Waals surface area (Å²) >= 11 is 1.75. The van der Waals surface area contributed by atoms with Crippen LogP contribution in [0.4, 0.5) is 0 Å². The Hall–Kier alpha value is -1.24. The molecule has 0 bridgehead atoms. The second-order valence-corrected chi connectivity index (χ2v) is 6.46. The largest absolute Gasteiger partial charge is 0.337 e. The lowest BCUT2D eigenvalue weighted by Gasteiger charge is -2.14. The quantitative estimate of drug-likeness (QED) is 0.844. The Labute approximate surface area is 123 Å². The van der Waals surface area contributed by atoms with Crippen molar-refractivity contribution in [2.75, 3.05) is 7.05 Å². The maximum absolute atomic E-state index is 4.69. The molecule has 0 radical (unpaired) electrons. The third-order valence-corrected chi connectivity index (χ3v) is 4.38. The van der Waals surface area contributed by atoms with E-state index in [4.69, 9.17) is 0 Å². The van der Waals surface area contributed by atoms with E-state index in [1.54, 1.807) is 11.3 Å². The van der Waals surface area contributed by atoms with Crippen LogP contribution in [0, 0.1) is 0 Å². The molecule has 0 unspecified atom stereocenters. The van der Waals surface area contributed by atoms with Gasteiger partial charge in [0, 0.05) is 44.0 Å². The standard InChI is InChI=1S/C14H21N5S/c1-18(9-13-15-5-6-19(13)2)8-12-10-20-14(17-12)7-16-11-3-4-11/h5-6,10-11,16H,3-4,7-9H2,1-2H3. The zero-order valence-corrected chi connectivity index (χ0v) is 12.9. The van der Waals surface area contributed by atoms with Crippen molar-refractivity contribution in [2.45, 2.75) is 38.5 Å². The summed E-state index contributed by atoms with van der Waals surface area (Å²) in [5.41, 5.74) is 1.15. The highest BCUT2D eigenvalue weighted by Gasteiger charge is 2.20. The van der Waals surface area contributed by atoms with Gasteiger partial charge < -0.3 is 9.88 Å². The molecular formula is C14H21N5S. The Balaban J connectivity index is 1.50. The molecule has 2 heterocycles. The van der Waals surface area contributed by atoms with Gasteiger partial charge in [-0.05, 0) is 19.9 Å². The van der Waals surface area contributed by atoms with Crippen molar-refractivity contribution in [3.63, 3.8) is 0 Å². The summed E-state index contributed by atoms with van der Waals surface area (Å²) < 4.78 is 2.06. The molecule has 0 atom stereocenters. The summed E-state index contributed by atoms with van der Waals surface area (Å²) in [6.45, 7) is 2.63. The van der Waals surface area contributed by atoms with Crippen LogP contribution in [-0.2, 0) is 26.7 Å². The molecule has 0 amide bonds. The zero-order chi connectivity index (χ0) is 13.9. The van der Waals surface area contributed by atoms with Crippen LogP contribution in [0.5, 0.6) is 0 Å². The van der Waals surface area contributed by atoms with Gasteiger partial charge in [0.25, 0.3) is 0 Å². The van der Waals surface area contributed by atoms with E-state index in [2.05, 4.69) is 37.2 Å². The first-order chi connectivity index (χ1) is 9.70. The van der Waals surface area contributed by atoms with Gasteiger partial charge in [0.15, 0.2) is 0 Å². The molecule has 0 saturated heterocycles. The Kier molecular flexibility index (Phi) is 4.14. The molecule has 20 heavy (non-hydrogen) atoms. The second-order valence-electron chi connectivity index (χ2n) is 5.51. The molecule has 2 aromatic rings.